The predicted molar refractivity (Wildman–Crippen MR) is 200 cm³/mol. The molecule has 224 valence electrons. The van der Waals surface area contributed by atoms with Gasteiger partial charge in [-0.3, -0.25) is 4.98 Å². The summed E-state index contributed by atoms with van der Waals surface area (Å²) in [5, 5.41) is 7.17. The minimum Gasteiger partial charge on any atom is -0.264 e. The molecule has 0 saturated heterocycles. The Labute approximate surface area is 278 Å². The highest BCUT2D eigenvalue weighted by atomic mass is 14.9. The van der Waals surface area contributed by atoms with Crippen molar-refractivity contribution < 1.29 is 0 Å². The van der Waals surface area contributed by atoms with Crippen LogP contribution in [-0.4, -0.2) is 15.0 Å². The lowest BCUT2D eigenvalue weighted by Gasteiger charge is -2.16. The zero-order valence-corrected chi connectivity index (χ0v) is 26.1. The molecule has 0 bridgehead atoms. The Balaban J connectivity index is 1.35. The van der Waals surface area contributed by atoms with Gasteiger partial charge in [0.15, 0.2) is 5.82 Å². The molecule has 9 aromatic rings. The minimum atomic E-state index is 0.685. The zero-order valence-electron chi connectivity index (χ0n) is 26.1. The predicted octanol–water partition coefficient (Wildman–Crippen LogP) is 11.7. The number of fused-ring (bicyclic) bond motifs is 4. The van der Waals surface area contributed by atoms with Gasteiger partial charge in [-0.1, -0.05) is 127 Å². The molecule has 3 heteroatoms. The Hall–Kier alpha value is -6.45. The van der Waals surface area contributed by atoms with E-state index in [1.54, 1.807) is 0 Å². The molecule has 3 nitrogen and oxygen atoms in total. The van der Waals surface area contributed by atoms with E-state index in [-0.39, 0.29) is 0 Å². The van der Waals surface area contributed by atoms with Crippen LogP contribution >= 0.6 is 0 Å². The molecule has 2 aromatic heterocycles. The molecule has 0 radical (unpaired) electrons. The van der Waals surface area contributed by atoms with E-state index in [1.165, 1.54) is 27.1 Å². The van der Waals surface area contributed by atoms with E-state index < -0.39 is 0 Å². The van der Waals surface area contributed by atoms with Crippen LogP contribution < -0.4 is 0 Å². The average molecular weight is 612 g/mol. The molecule has 0 saturated carbocycles. The first-order valence-corrected chi connectivity index (χ1v) is 16.2. The molecule has 0 amide bonds. The Morgan fingerprint density at radius 1 is 0.333 bits per heavy atom. The van der Waals surface area contributed by atoms with Crippen LogP contribution in [0.15, 0.2) is 176 Å². The van der Waals surface area contributed by atoms with Crippen molar-refractivity contribution in [3.05, 3.63) is 176 Å². The van der Waals surface area contributed by atoms with Crippen LogP contribution in [0, 0.1) is 0 Å². The summed E-state index contributed by atoms with van der Waals surface area (Å²) < 4.78 is 0. The van der Waals surface area contributed by atoms with Crippen LogP contribution in [0.25, 0.3) is 88.5 Å². The SMILES string of the molecule is c1ccc(-c2cc(-c3ccccc3)nc(-c3cc(-c4cccc5cnccc45)cc(-c4cc5ccccc5c5ccccc45)c3)n2)cc1. The lowest BCUT2D eigenvalue weighted by molar-refractivity contribution is 1.18. The second-order valence-electron chi connectivity index (χ2n) is 12.1. The van der Waals surface area contributed by atoms with E-state index in [0.717, 1.165) is 55.5 Å². The molecule has 48 heavy (non-hydrogen) atoms. The van der Waals surface area contributed by atoms with Crippen LogP contribution in [0.2, 0.25) is 0 Å². The summed E-state index contributed by atoms with van der Waals surface area (Å²) in [6, 6.07) is 57.8. The number of benzene rings is 7. The van der Waals surface area contributed by atoms with Crippen LogP contribution in [0.3, 0.4) is 0 Å². The molecule has 0 aliphatic carbocycles. The second kappa shape index (κ2) is 11.7. The third kappa shape index (κ3) is 4.99. The smallest absolute Gasteiger partial charge is 0.160 e. The number of nitrogens with zero attached hydrogens (tertiary/aromatic N) is 3. The fraction of sp³-hybridized carbons (Fsp3) is 0. The van der Waals surface area contributed by atoms with Gasteiger partial charge in [0.25, 0.3) is 0 Å². The topological polar surface area (TPSA) is 38.7 Å². The summed E-state index contributed by atoms with van der Waals surface area (Å²) in [4.78, 5) is 14.8. The lowest BCUT2D eigenvalue weighted by atomic mass is 9.89. The van der Waals surface area contributed by atoms with E-state index in [0.29, 0.717) is 5.82 Å². The van der Waals surface area contributed by atoms with Gasteiger partial charge in [0, 0.05) is 34.5 Å². The molecular weight excluding hydrogens is 583 g/mol. The quantitative estimate of drug-likeness (QED) is 0.182. The maximum absolute atomic E-state index is 5.22. The van der Waals surface area contributed by atoms with E-state index in [4.69, 9.17) is 9.97 Å². The summed E-state index contributed by atoms with van der Waals surface area (Å²) in [7, 11) is 0. The van der Waals surface area contributed by atoms with Gasteiger partial charge in [-0.05, 0) is 85.6 Å². The summed E-state index contributed by atoms with van der Waals surface area (Å²) in [6.07, 6.45) is 3.80. The second-order valence-corrected chi connectivity index (χ2v) is 12.1. The van der Waals surface area contributed by atoms with Gasteiger partial charge in [0.05, 0.1) is 11.4 Å². The van der Waals surface area contributed by atoms with Crippen LogP contribution in [-0.2, 0) is 0 Å². The highest BCUT2D eigenvalue weighted by Gasteiger charge is 2.16. The van der Waals surface area contributed by atoms with E-state index >= 15 is 0 Å². The number of pyridine rings is 1. The average Bonchev–Trinajstić information content (AvgIpc) is 3.17. The normalized spacial score (nSPS) is 11.3. The maximum Gasteiger partial charge on any atom is 0.160 e. The molecule has 0 unspecified atom stereocenters. The Kier molecular flexibility index (Phi) is 6.80. The van der Waals surface area contributed by atoms with Crippen LogP contribution in [0.4, 0.5) is 0 Å². The van der Waals surface area contributed by atoms with Crippen LogP contribution in [0.5, 0.6) is 0 Å². The lowest BCUT2D eigenvalue weighted by Crippen LogP contribution is -1.97. The summed E-state index contributed by atoms with van der Waals surface area (Å²) >= 11 is 0. The fourth-order valence-electron chi connectivity index (χ4n) is 6.82. The van der Waals surface area contributed by atoms with Gasteiger partial charge in [0.1, 0.15) is 0 Å². The first kappa shape index (κ1) is 27.8. The maximum atomic E-state index is 5.22. The van der Waals surface area contributed by atoms with E-state index in [9.17, 15) is 0 Å². The van der Waals surface area contributed by atoms with Crippen molar-refractivity contribution in [1.29, 1.82) is 0 Å². The molecule has 0 fully saturated rings. The molecule has 2 heterocycles. The van der Waals surface area contributed by atoms with Crippen molar-refractivity contribution in [3.63, 3.8) is 0 Å². The molecule has 0 spiro atoms. The van der Waals surface area contributed by atoms with Gasteiger partial charge in [-0.25, -0.2) is 9.97 Å². The molecule has 7 aromatic carbocycles. The highest BCUT2D eigenvalue weighted by molar-refractivity contribution is 6.14. The zero-order chi connectivity index (χ0) is 31.9. The van der Waals surface area contributed by atoms with Gasteiger partial charge >= 0.3 is 0 Å². The summed E-state index contributed by atoms with van der Waals surface area (Å²) in [6.45, 7) is 0. The Morgan fingerprint density at radius 2 is 0.917 bits per heavy atom. The third-order valence-corrected chi connectivity index (χ3v) is 9.13. The van der Waals surface area contributed by atoms with Gasteiger partial charge < -0.3 is 0 Å². The molecule has 0 aliphatic heterocycles. The van der Waals surface area contributed by atoms with Gasteiger partial charge in [-0.15, -0.1) is 0 Å². The minimum absolute atomic E-state index is 0.685. The van der Waals surface area contributed by atoms with Crippen molar-refractivity contribution in [2.45, 2.75) is 0 Å². The molecule has 0 atom stereocenters. The molecule has 9 rings (SSSR count). The largest absolute Gasteiger partial charge is 0.264 e. The summed E-state index contributed by atoms with van der Waals surface area (Å²) in [5.74, 6) is 0.685. The standard InChI is InChI=1S/C45H29N3/c1-3-12-30(13-4-1)43-28-44(31-14-5-2-6-15-31)48-45(47-43)36-25-34(38-21-11-17-33-29-46-23-22-39(33)38)24-35(26-36)42-27-32-16-7-8-18-37(32)40-19-9-10-20-41(40)42/h1-29H. The number of aromatic nitrogens is 3. The van der Waals surface area contributed by atoms with E-state index in [2.05, 4.69) is 157 Å². The molecule has 0 N–H and O–H groups in total. The van der Waals surface area contributed by atoms with E-state index in [1.807, 2.05) is 24.5 Å². The van der Waals surface area contributed by atoms with Crippen molar-refractivity contribution in [1.82, 2.24) is 15.0 Å². The van der Waals surface area contributed by atoms with Gasteiger partial charge in [0.2, 0.25) is 0 Å². The first-order chi connectivity index (χ1) is 23.8. The Bertz CT molecular complexity index is 2550. The highest BCUT2D eigenvalue weighted by Crippen LogP contribution is 2.40. The third-order valence-electron chi connectivity index (χ3n) is 9.13. The first-order valence-electron chi connectivity index (χ1n) is 16.2. The van der Waals surface area contributed by atoms with Crippen molar-refractivity contribution in [2.75, 3.05) is 0 Å². The van der Waals surface area contributed by atoms with Gasteiger partial charge in [-0.2, -0.15) is 0 Å². The monoisotopic (exact) mass is 611 g/mol. The van der Waals surface area contributed by atoms with Crippen LogP contribution in [0.1, 0.15) is 0 Å². The number of hydrogen-bond donors (Lipinski definition) is 0. The number of rotatable bonds is 5. The van der Waals surface area contributed by atoms with Crippen molar-refractivity contribution in [3.8, 4) is 56.2 Å². The molecular formula is C45H29N3. The van der Waals surface area contributed by atoms with Crippen molar-refractivity contribution >= 4 is 32.3 Å². The van der Waals surface area contributed by atoms with Crippen molar-refractivity contribution in [2.24, 2.45) is 0 Å². The number of hydrogen-bond acceptors (Lipinski definition) is 3. The Morgan fingerprint density at radius 3 is 1.65 bits per heavy atom. The summed E-state index contributed by atoms with van der Waals surface area (Å²) in [5.41, 5.74) is 9.38. The fourth-order valence-corrected chi connectivity index (χ4v) is 6.82. The molecule has 0 aliphatic rings.